The van der Waals surface area contributed by atoms with Crippen molar-refractivity contribution in [3.63, 3.8) is 0 Å². The second-order valence-corrected chi connectivity index (χ2v) is 22.4. The van der Waals surface area contributed by atoms with E-state index in [4.69, 9.17) is 14.2 Å². The largest absolute Gasteiger partial charge is 0.462 e. The SMILES string of the molecule is CCCCCCCC/C=C\CCCCCCCC(=O)OC(COC(=O)CCCCCCCCCCCCCCCC)COC(=O)CCCCCCCCCCCCCCCCCCCCCCCCCCC. The molecule has 0 saturated heterocycles. The molecule has 1 atom stereocenters. The molecule has 0 amide bonds. The van der Waals surface area contributed by atoms with Crippen molar-refractivity contribution < 1.29 is 28.6 Å². The average molecular weight is 1020 g/mol. The summed E-state index contributed by atoms with van der Waals surface area (Å²) >= 11 is 0. The van der Waals surface area contributed by atoms with Gasteiger partial charge in [-0.1, -0.05) is 322 Å². The normalized spacial score (nSPS) is 12.0. The summed E-state index contributed by atoms with van der Waals surface area (Å²) in [5, 5.41) is 0. The summed E-state index contributed by atoms with van der Waals surface area (Å²) in [7, 11) is 0. The highest BCUT2D eigenvalue weighted by Crippen LogP contribution is 2.18. The first-order valence-electron chi connectivity index (χ1n) is 32.7. The fourth-order valence-electron chi connectivity index (χ4n) is 10.1. The summed E-state index contributed by atoms with van der Waals surface area (Å²) < 4.78 is 16.9. The lowest BCUT2D eigenvalue weighted by atomic mass is 10.0. The Balaban J connectivity index is 4.20. The second-order valence-electron chi connectivity index (χ2n) is 22.4. The summed E-state index contributed by atoms with van der Waals surface area (Å²) in [6.07, 6.45) is 72.3. The lowest BCUT2D eigenvalue weighted by molar-refractivity contribution is -0.167. The van der Waals surface area contributed by atoms with Gasteiger partial charge >= 0.3 is 17.9 Å². The van der Waals surface area contributed by atoms with Crippen LogP contribution in [0, 0.1) is 0 Å². The molecule has 0 aromatic carbocycles. The van der Waals surface area contributed by atoms with E-state index >= 15 is 0 Å². The third kappa shape index (κ3) is 59.0. The summed E-state index contributed by atoms with van der Waals surface area (Å²) in [5.74, 6) is -0.845. The molecule has 0 saturated carbocycles. The van der Waals surface area contributed by atoms with E-state index in [1.807, 2.05) is 0 Å². The molecule has 426 valence electrons. The Bertz CT molecular complexity index is 1120. The van der Waals surface area contributed by atoms with E-state index in [2.05, 4.69) is 32.9 Å². The van der Waals surface area contributed by atoms with E-state index in [1.54, 1.807) is 0 Å². The minimum absolute atomic E-state index is 0.0669. The van der Waals surface area contributed by atoms with Gasteiger partial charge < -0.3 is 14.2 Å². The molecule has 0 fully saturated rings. The number of rotatable bonds is 61. The number of unbranched alkanes of at least 4 members (excludes halogenated alkanes) is 48. The Morgan fingerprint density at radius 1 is 0.264 bits per heavy atom. The standard InChI is InChI=1S/C66H126O6/c1-4-7-10-13-16-19-22-25-28-29-30-31-32-33-34-35-36-37-39-41-44-47-50-53-56-59-65(68)71-62-63(61-70-64(67)58-55-52-49-46-43-40-27-24-21-18-15-12-9-6-3)72-66(69)60-57-54-51-48-45-42-38-26-23-20-17-14-11-8-5-2/h26,38,63H,4-25,27-37,39-62H2,1-3H3/b38-26-. The molecule has 0 rings (SSSR count). The molecule has 0 N–H and O–H groups in total. The highest BCUT2D eigenvalue weighted by atomic mass is 16.6. The summed E-state index contributed by atoms with van der Waals surface area (Å²) in [5.41, 5.74) is 0. The van der Waals surface area contributed by atoms with Crippen LogP contribution in [0.4, 0.5) is 0 Å². The van der Waals surface area contributed by atoms with Crippen molar-refractivity contribution >= 4 is 17.9 Å². The molecule has 0 aromatic rings. The van der Waals surface area contributed by atoms with Crippen molar-refractivity contribution in [2.45, 2.75) is 380 Å². The van der Waals surface area contributed by atoms with Gasteiger partial charge in [0.05, 0.1) is 0 Å². The van der Waals surface area contributed by atoms with Gasteiger partial charge in [-0.05, 0) is 44.9 Å². The molecule has 72 heavy (non-hydrogen) atoms. The lowest BCUT2D eigenvalue weighted by Crippen LogP contribution is -2.30. The fourth-order valence-corrected chi connectivity index (χ4v) is 10.1. The average Bonchev–Trinajstić information content (AvgIpc) is 3.38. The molecule has 0 radical (unpaired) electrons. The molecule has 1 unspecified atom stereocenters. The first kappa shape index (κ1) is 70.1. The van der Waals surface area contributed by atoms with Gasteiger partial charge in [0, 0.05) is 19.3 Å². The Morgan fingerprint density at radius 3 is 0.694 bits per heavy atom. The van der Waals surface area contributed by atoms with Gasteiger partial charge in [0.15, 0.2) is 6.10 Å². The first-order valence-corrected chi connectivity index (χ1v) is 32.7. The number of hydrogen-bond acceptors (Lipinski definition) is 6. The van der Waals surface area contributed by atoms with Crippen molar-refractivity contribution in [1.29, 1.82) is 0 Å². The summed E-state index contributed by atoms with van der Waals surface area (Å²) in [6.45, 7) is 6.70. The van der Waals surface area contributed by atoms with E-state index < -0.39 is 6.10 Å². The van der Waals surface area contributed by atoms with E-state index in [0.717, 1.165) is 64.2 Å². The van der Waals surface area contributed by atoms with Gasteiger partial charge in [0.2, 0.25) is 0 Å². The van der Waals surface area contributed by atoms with Gasteiger partial charge in [-0.3, -0.25) is 14.4 Å². The van der Waals surface area contributed by atoms with Gasteiger partial charge in [0.1, 0.15) is 13.2 Å². The molecular formula is C66H126O6. The van der Waals surface area contributed by atoms with Crippen LogP contribution in [0.1, 0.15) is 374 Å². The van der Waals surface area contributed by atoms with Crippen LogP contribution in [-0.2, 0) is 28.6 Å². The molecule has 0 aliphatic carbocycles. The van der Waals surface area contributed by atoms with E-state index in [0.29, 0.717) is 19.3 Å². The van der Waals surface area contributed by atoms with Crippen LogP contribution < -0.4 is 0 Å². The molecule has 6 nitrogen and oxygen atoms in total. The summed E-state index contributed by atoms with van der Waals surface area (Å²) in [6, 6.07) is 0. The number of allylic oxidation sites excluding steroid dienone is 2. The fraction of sp³-hybridized carbons (Fsp3) is 0.924. The van der Waals surface area contributed by atoms with Gasteiger partial charge in [-0.15, -0.1) is 0 Å². The smallest absolute Gasteiger partial charge is 0.306 e. The molecule has 0 heterocycles. The zero-order valence-corrected chi connectivity index (χ0v) is 49.0. The quantitative estimate of drug-likeness (QED) is 0.0261. The molecule has 0 aliphatic heterocycles. The first-order chi connectivity index (χ1) is 35.5. The van der Waals surface area contributed by atoms with Crippen molar-refractivity contribution in [3.8, 4) is 0 Å². The van der Waals surface area contributed by atoms with Crippen molar-refractivity contribution in [1.82, 2.24) is 0 Å². The number of carbonyl (C=O) groups is 3. The lowest BCUT2D eigenvalue weighted by Gasteiger charge is -2.18. The maximum atomic E-state index is 12.9. The predicted octanol–water partition coefficient (Wildman–Crippen LogP) is 22.1. The number of esters is 3. The second kappa shape index (κ2) is 61.7. The van der Waals surface area contributed by atoms with Crippen LogP contribution in [0.3, 0.4) is 0 Å². The molecule has 0 aliphatic rings. The van der Waals surface area contributed by atoms with E-state index in [-0.39, 0.29) is 31.1 Å². The zero-order chi connectivity index (χ0) is 52.2. The number of hydrogen-bond donors (Lipinski definition) is 0. The van der Waals surface area contributed by atoms with Crippen molar-refractivity contribution in [2.24, 2.45) is 0 Å². The third-order valence-corrected chi connectivity index (χ3v) is 15.0. The minimum atomic E-state index is -0.770. The molecule has 0 spiro atoms. The van der Waals surface area contributed by atoms with E-state index in [9.17, 15) is 14.4 Å². The van der Waals surface area contributed by atoms with Gasteiger partial charge in [0.25, 0.3) is 0 Å². The van der Waals surface area contributed by atoms with Crippen molar-refractivity contribution in [2.75, 3.05) is 13.2 Å². The Hall–Kier alpha value is -1.85. The highest BCUT2D eigenvalue weighted by Gasteiger charge is 2.19. The minimum Gasteiger partial charge on any atom is -0.462 e. The molecule has 6 heteroatoms. The van der Waals surface area contributed by atoms with Gasteiger partial charge in [-0.2, -0.15) is 0 Å². The Kier molecular flexibility index (Phi) is 60.1. The molecule has 0 bridgehead atoms. The number of ether oxygens (including phenoxy) is 3. The van der Waals surface area contributed by atoms with Crippen LogP contribution in [0.15, 0.2) is 12.2 Å². The van der Waals surface area contributed by atoms with Crippen molar-refractivity contribution in [3.05, 3.63) is 12.2 Å². The van der Waals surface area contributed by atoms with Gasteiger partial charge in [-0.25, -0.2) is 0 Å². The van der Waals surface area contributed by atoms with Crippen LogP contribution >= 0.6 is 0 Å². The van der Waals surface area contributed by atoms with Crippen LogP contribution in [0.2, 0.25) is 0 Å². The topological polar surface area (TPSA) is 78.9 Å². The maximum Gasteiger partial charge on any atom is 0.306 e. The van der Waals surface area contributed by atoms with Crippen LogP contribution in [-0.4, -0.2) is 37.2 Å². The number of carbonyl (C=O) groups excluding carboxylic acids is 3. The molecule has 0 aromatic heterocycles. The Morgan fingerprint density at radius 2 is 0.458 bits per heavy atom. The highest BCUT2D eigenvalue weighted by molar-refractivity contribution is 5.71. The zero-order valence-electron chi connectivity index (χ0n) is 49.0. The maximum absolute atomic E-state index is 12.9. The van der Waals surface area contributed by atoms with E-state index in [1.165, 1.54) is 270 Å². The van der Waals surface area contributed by atoms with Crippen LogP contribution in [0.25, 0.3) is 0 Å². The predicted molar refractivity (Wildman–Crippen MR) is 312 cm³/mol. The Labute approximate surface area is 450 Å². The monoisotopic (exact) mass is 1010 g/mol. The third-order valence-electron chi connectivity index (χ3n) is 15.0. The molecular weight excluding hydrogens is 889 g/mol. The van der Waals surface area contributed by atoms with Crippen LogP contribution in [0.5, 0.6) is 0 Å². The summed E-state index contributed by atoms with van der Waals surface area (Å²) in [4.78, 5) is 38.3.